The smallest absolute Gasteiger partial charge is 0.306 e. The monoisotopic (exact) mass is 1000 g/mol. The molecule has 0 spiro atoms. The van der Waals surface area contributed by atoms with E-state index in [1.54, 1.807) is 0 Å². The van der Waals surface area contributed by atoms with Crippen molar-refractivity contribution in [1.82, 2.24) is 0 Å². The first-order chi connectivity index (χ1) is 36.0. The maximum atomic E-state index is 12.9. The molecule has 6 nitrogen and oxygen atoms in total. The van der Waals surface area contributed by atoms with Gasteiger partial charge in [0.1, 0.15) is 13.2 Å². The summed E-state index contributed by atoms with van der Waals surface area (Å²) in [6.45, 7) is 6.34. The molecular formula is C67H104O6. The summed E-state index contributed by atoms with van der Waals surface area (Å²) in [4.78, 5) is 38.2. The first-order valence-electron chi connectivity index (χ1n) is 29.0. The molecule has 1 atom stereocenters. The minimum Gasteiger partial charge on any atom is -0.462 e. The summed E-state index contributed by atoms with van der Waals surface area (Å²) >= 11 is 0. The van der Waals surface area contributed by atoms with Crippen LogP contribution in [0.1, 0.15) is 226 Å². The van der Waals surface area contributed by atoms with Gasteiger partial charge in [0.15, 0.2) is 6.10 Å². The molecule has 0 rings (SSSR count). The van der Waals surface area contributed by atoms with Crippen molar-refractivity contribution >= 4 is 17.9 Å². The molecule has 0 heterocycles. The molecule has 0 radical (unpaired) electrons. The maximum absolute atomic E-state index is 12.9. The molecular weight excluding hydrogens is 901 g/mol. The van der Waals surface area contributed by atoms with Gasteiger partial charge < -0.3 is 14.2 Å². The van der Waals surface area contributed by atoms with Gasteiger partial charge in [-0.3, -0.25) is 14.4 Å². The Morgan fingerprint density at radius 1 is 0.288 bits per heavy atom. The van der Waals surface area contributed by atoms with Crippen LogP contribution in [0.2, 0.25) is 0 Å². The van der Waals surface area contributed by atoms with Crippen molar-refractivity contribution in [3.8, 4) is 0 Å². The predicted molar refractivity (Wildman–Crippen MR) is 315 cm³/mol. The van der Waals surface area contributed by atoms with Crippen LogP contribution in [0.4, 0.5) is 0 Å². The lowest BCUT2D eigenvalue weighted by Crippen LogP contribution is -2.30. The topological polar surface area (TPSA) is 78.9 Å². The Balaban J connectivity index is 4.64. The molecule has 408 valence electrons. The third-order valence-electron chi connectivity index (χ3n) is 11.5. The summed E-state index contributed by atoms with van der Waals surface area (Å²) in [5, 5.41) is 0. The highest BCUT2D eigenvalue weighted by Gasteiger charge is 2.19. The van der Waals surface area contributed by atoms with Crippen molar-refractivity contribution in [2.75, 3.05) is 13.2 Å². The van der Waals surface area contributed by atoms with E-state index in [0.717, 1.165) is 122 Å². The second-order valence-electron chi connectivity index (χ2n) is 18.5. The summed E-state index contributed by atoms with van der Waals surface area (Å²) in [5.41, 5.74) is 0. The van der Waals surface area contributed by atoms with E-state index in [0.29, 0.717) is 19.3 Å². The third-order valence-corrected chi connectivity index (χ3v) is 11.5. The Bertz CT molecular complexity index is 1670. The van der Waals surface area contributed by atoms with Crippen LogP contribution in [0, 0.1) is 0 Å². The van der Waals surface area contributed by atoms with Gasteiger partial charge in [-0.1, -0.05) is 224 Å². The molecule has 0 bridgehead atoms. The summed E-state index contributed by atoms with van der Waals surface area (Å²) in [6, 6.07) is 0. The third kappa shape index (κ3) is 57.8. The van der Waals surface area contributed by atoms with Crippen molar-refractivity contribution in [1.29, 1.82) is 0 Å². The summed E-state index contributed by atoms with van der Waals surface area (Å²) < 4.78 is 16.8. The van der Waals surface area contributed by atoms with Crippen LogP contribution in [0.5, 0.6) is 0 Å². The van der Waals surface area contributed by atoms with Crippen LogP contribution in [-0.4, -0.2) is 37.2 Å². The molecule has 0 aliphatic rings. The minimum atomic E-state index is -0.844. The fourth-order valence-electron chi connectivity index (χ4n) is 7.16. The highest BCUT2D eigenvalue weighted by molar-refractivity contribution is 5.71. The van der Waals surface area contributed by atoms with E-state index in [2.05, 4.69) is 167 Å². The molecule has 0 aromatic carbocycles. The lowest BCUT2D eigenvalue weighted by Gasteiger charge is -2.18. The first-order valence-corrected chi connectivity index (χ1v) is 29.0. The van der Waals surface area contributed by atoms with E-state index in [1.165, 1.54) is 51.4 Å². The van der Waals surface area contributed by atoms with Crippen LogP contribution in [0.15, 0.2) is 158 Å². The van der Waals surface area contributed by atoms with E-state index in [1.807, 2.05) is 12.2 Å². The van der Waals surface area contributed by atoms with E-state index in [-0.39, 0.29) is 44.0 Å². The molecule has 0 aliphatic heterocycles. The largest absolute Gasteiger partial charge is 0.462 e. The molecule has 0 aliphatic carbocycles. The molecule has 73 heavy (non-hydrogen) atoms. The number of carbonyl (C=O) groups excluding carboxylic acids is 3. The zero-order chi connectivity index (χ0) is 52.9. The number of esters is 3. The van der Waals surface area contributed by atoms with Crippen LogP contribution in [-0.2, 0) is 28.6 Å². The van der Waals surface area contributed by atoms with Crippen LogP contribution >= 0.6 is 0 Å². The van der Waals surface area contributed by atoms with Crippen molar-refractivity contribution in [2.24, 2.45) is 0 Å². The minimum absolute atomic E-state index is 0.133. The Kier molecular flexibility index (Phi) is 55.5. The zero-order valence-electron chi connectivity index (χ0n) is 46.6. The zero-order valence-corrected chi connectivity index (χ0v) is 46.6. The fourth-order valence-corrected chi connectivity index (χ4v) is 7.16. The number of allylic oxidation sites excluding steroid dienone is 26. The molecule has 0 unspecified atom stereocenters. The number of hydrogen-bond donors (Lipinski definition) is 0. The highest BCUT2D eigenvalue weighted by atomic mass is 16.6. The van der Waals surface area contributed by atoms with E-state index < -0.39 is 6.10 Å². The second kappa shape index (κ2) is 59.6. The van der Waals surface area contributed by atoms with E-state index in [4.69, 9.17) is 14.2 Å². The number of ether oxygens (including phenoxy) is 3. The van der Waals surface area contributed by atoms with Crippen molar-refractivity contribution in [3.05, 3.63) is 158 Å². The molecule has 0 saturated heterocycles. The quantitative estimate of drug-likeness (QED) is 0.0261. The molecule has 6 heteroatoms. The Morgan fingerprint density at radius 3 is 0.918 bits per heavy atom. The van der Waals surface area contributed by atoms with Gasteiger partial charge in [0, 0.05) is 19.3 Å². The average molecular weight is 1010 g/mol. The Labute approximate surface area is 448 Å². The summed E-state index contributed by atoms with van der Waals surface area (Å²) in [7, 11) is 0. The molecule has 0 aromatic rings. The average Bonchev–Trinajstić information content (AvgIpc) is 3.39. The molecule has 0 aromatic heterocycles. The van der Waals surface area contributed by atoms with Gasteiger partial charge >= 0.3 is 17.9 Å². The van der Waals surface area contributed by atoms with E-state index in [9.17, 15) is 14.4 Å². The van der Waals surface area contributed by atoms with Gasteiger partial charge in [-0.15, -0.1) is 0 Å². The van der Waals surface area contributed by atoms with Crippen molar-refractivity contribution in [3.63, 3.8) is 0 Å². The first kappa shape index (κ1) is 68.0. The number of hydrogen-bond acceptors (Lipinski definition) is 6. The Hall–Kier alpha value is -4.97. The van der Waals surface area contributed by atoms with Gasteiger partial charge in [0.05, 0.1) is 0 Å². The van der Waals surface area contributed by atoms with Gasteiger partial charge in [-0.25, -0.2) is 0 Å². The van der Waals surface area contributed by atoms with Crippen LogP contribution < -0.4 is 0 Å². The standard InChI is InChI=1S/C67H104O6/c1-4-7-10-13-16-19-22-25-28-31-33-36-39-42-45-48-51-54-57-60-66(69)72-63-64(62-71-65(68)59-56-53-50-47-44-41-38-35-30-27-24-21-18-15-12-9-6-3)73-67(70)61-58-55-52-49-46-43-40-37-34-32-29-26-23-20-17-14-11-8-5-2/h7,10,16-21,25-30,33-34,36-38,41-43,45-46,51,54,64H,4-6,8-9,11-15,22-24,31-32,35,39-40,44,47-50,52-53,55-63H2,1-3H3/b10-7-,19-16-,20-17-,21-18-,28-25-,29-26-,30-27-,36-33-,37-34-,41-38-,45-42-,46-43-,54-51-/t64-/m1/s1. The van der Waals surface area contributed by atoms with Crippen molar-refractivity contribution < 1.29 is 28.6 Å². The summed E-state index contributed by atoms with van der Waals surface area (Å²) in [6.07, 6.45) is 86.7. The second-order valence-corrected chi connectivity index (χ2v) is 18.5. The predicted octanol–water partition coefficient (Wildman–Crippen LogP) is 19.8. The van der Waals surface area contributed by atoms with Crippen LogP contribution in [0.3, 0.4) is 0 Å². The molecule has 0 saturated carbocycles. The van der Waals surface area contributed by atoms with Gasteiger partial charge in [-0.05, 0) is 141 Å². The fraction of sp³-hybridized carbons (Fsp3) is 0.567. The molecule has 0 amide bonds. The summed E-state index contributed by atoms with van der Waals surface area (Å²) in [5.74, 6) is -1.08. The molecule has 0 N–H and O–H groups in total. The van der Waals surface area contributed by atoms with Crippen LogP contribution in [0.25, 0.3) is 0 Å². The van der Waals surface area contributed by atoms with Gasteiger partial charge in [0.25, 0.3) is 0 Å². The maximum Gasteiger partial charge on any atom is 0.306 e. The molecule has 0 fully saturated rings. The highest BCUT2D eigenvalue weighted by Crippen LogP contribution is 2.11. The number of carbonyl (C=O) groups is 3. The van der Waals surface area contributed by atoms with Gasteiger partial charge in [0.2, 0.25) is 0 Å². The number of unbranched alkanes of at least 4 members (excludes halogenated alkanes) is 13. The van der Waals surface area contributed by atoms with Gasteiger partial charge in [-0.2, -0.15) is 0 Å². The Morgan fingerprint density at radius 2 is 0.562 bits per heavy atom. The lowest BCUT2D eigenvalue weighted by atomic mass is 10.1. The normalized spacial score (nSPS) is 13.3. The van der Waals surface area contributed by atoms with Crippen molar-refractivity contribution in [2.45, 2.75) is 232 Å². The SMILES string of the molecule is CC/C=C\C/C=C\C/C=C\C/C=C\C/C=C\C/C=C\CCC(=O)OC[C@@H](COC(=O)CCCCCC/C=C\C/C=C\C/C=C\CCCCC)OC(=O)CCCCC/C=C\C/C=C\C/C=C\C/C=C\CCCCC. The number of rotatable bonds is 50. The lowest BCUT2D eigenvalue weighted by molar-refractivity contribution is -0.166. The van der Waals surface area contributed by atoms with E-state index >= 15 is 0 Å².